The number of rotatable bonds is 3. The van der Waals surface area contributed by atoms with E-state index in [1.54, 1.807) is 0 Å². The van der Waals surface area contributed by atoms with Crippen molar-refractivity contribution in [2.45, 2.75) is 31.2 Å². The van der Waals surface area contributed by atoms with E-state index in [9.17, 15) is 19.5 Å². The van der Waals surface area contributed by atoms with Gasteiger partial charge in [-0.15, -0.1) is 6.58 Å². The lowest BCUT2D eigenvalue weighted by molar-refractivity contribution is -0.159. The lowest BCUT2D eigenvalue weighted by Gasteiger charge is -2.52. The second kappa shape index (κ2) is 5.60. The van der Waals surface area contributed by atoms with Crippen LogP contribution < -0.4 is 5.73 Å². The fourth-order valence-corrected chi connectivity index (χ4v) is 4.03. The van der Waals surface area contributed by atoms with E-state index in [0.717, 1.165) is 0 Å². The number of carboxylic acid groups (broad SMARTS) is 1. The molecule has 0 radical (unpaired) electrons. The van der Waals surface area contributed by atoms with E-state index in [0.29, 0.717) is 19.3 Å². The Morgan fingerprint density at radius 2 is 2.14 bits per heavy atom. The minimum Gasteiger partial charge on any atom is -0.481 e. The summed E-state index contributed by atoms with van der Waals surface area (Å²) in [7, 11) is 1.30. The average Bonchev–Trinajstić information content (AvgIpc) is 2.45. The summed E-state index contributed by atoms with van der Waals surface area (Å²) in [5, 5.41) is 9.33. The number of methoxy groups -OCH3 is 1. The largest absolute Gasteiger partial charge is 0.481 e. The maximum absolute atomic E-state index is 12.4. The first-order valence-corrected chi connectivity index (χ1v) is 7.11. The molecule has 2 fully saturated rings. The van der Waals surface area contributed by atoms with E-state index in [4.69, 9.17) is 10.5 Å². The quantitative estimate of drug-likeness (QED) is 0.587. The van der Waals surface area contributed by atoms with Gasteiger partial charge in [-0.25, -0.2) is 0 Å². The molecule has 5 atom stereocenters. The number of allylic oxidation sites excluding steroid dienone is 1. The Kier molecular flexibility index (Phi) is 4.18. The summed E-state index contributed by atoms with van der Waals surface area (Å²) < 4.78 is 4.81. The summed E-state index contributed by atoms with van der Waals surface area (Å²) in [5.74, 6) is -3.91. The van der Waals surface area contributed by atoms with E-state index in [1.807, 2.05) is 0 Å². The lowest BCUT2D eigenvalue weighted by Crippen LogP contribution is -2.66. The Morgan fingerprint density at radius 3 is 2.67 bits per heavy atom. The van der Waals surface area contributed by atoms with Crippen LogP contribution in [0.3, 0.4) is 0 Å². The highest BCUT2D eigenvalue weighted by Crippen LogP contribution is 2.49. The van der Waals surface area contributed by atoms with Crippen LogP contribution in [-0.2, 0) is 19.1 Å². The number of aliphatic carboxylic acids is 1. The molecule has 2 unspecified atom stereocenters. The van der Waals surface area contributed by atoms with Crippen molar-refractivity contribution in [1.82, 2.24) is 0 Å². The van der Waals surface area contributed by atoms with Gasteiger partial charge in [-0.1, -0.05) is 6.08 Å². The number of hydrogen-bond acceptors (Lipinski definition) is 5. The number of hydrogen-bond donors (Lipinski definition) is 2. The maximum atomic E-state index is 12.4. The van der Waals surface area contributed by atoms with Crippen molar-refractivity contribution in [3.05, 3.63) is 12.7 Å². The van der Waals surface area contributed by atoms with Crippen LogP contribution >= 0.6 is 0 Å². The summed E-state index contributed by atoms with van der Waals surface area (Å²) in [5.41, 5.74) is 5.41. The van der Waals surface area contributed by atoms with Crippen molar-refractivity contribution in [2.75, 3.05) is 7.11 Å². The number of carboxylic acids is 1. The minimum atomic E-state index is -1.03. The SMILES string of the molecule is C=C[C@H]1C(C(=O)O)CC[C@]2(N)C1C(=O)CC[C@H]2C(=O)OC. The van der Waals surface area contributed by atoms with Gasteiger partial charge < -0.3 is 15.6 Å². The molecule has 0 heterocycles. The lowest BCUT2D eigenvalue weighted by atomic mass is 9.53. The predicted molar refractivity (Wildman–Crippen MR) is 74.2 cm³/mol. The molecular formula is C15H21NO5. The van der Waals surface area contributed by atoms with Crippen LogP contribution in [0.2, 0.25) is 0 Å². The van der Waals surface area contributed by atoms with Crippen molar-refractivity contribution < 1.29 is 24.2 Å². The summed E-state index contributed by atoms with van der Waals surface area (Å²) >= 11 is 0. The van der Waals surface area contributed by atoms with Gasteiger partial charge in [0.15, 0.2) is 0 Å². The molecule has 6 heteroatoms. The molecule has 2 saturated carbocycles. The third-order valence-corrected chi connectivity index (χ3v) is 5.07. The fraction of sp³-hybridized carbons (Fsp3) is 0.667. The first-order chi connectivity index (χ1) is 9.86. The Bertz CT molecular complexity index is 488. The molecule has 21 heavy (non-hydrogen) atoms. The summed E-state index contributed by atoms with van der Waals surface area (Å²) in [6.45, 7) is 3.68. The number of nitrogens with two attached hydrogens (primary N) is 1. The number of ketones is 1. The molecule has 2 aliphatic carbocycles. The van der Waals surface area contributed by atoms with Crippen LogP contribution in [0.4, 0.5) is 0 Å². The molecule has 0 amide bonds. The second-order valence-corrected chi connectivity index (χ2v) is 5.97. The van der Waals surface area contributed by atoms with E-state index in [2.05, 4.69) is 6.58 Å². The topological polar surface area (TPSA) is 107 Å². The molecule has 3 N–H and O–H groups in total. The van der Waals surface area contributed by atoms with Crippen molar-refractivity contribution in [3.8, 4) is 0 Å². The molecule has 0 aromatic heterocycles. The van der Waals surface area contributed by atoms with Crippen molar-refractivity contribution in [2.24, 2.45) is 29.4 Å². The van der Waals surface area contributed by atoms with Crippen LogP contribution in [0.1, 0.15) is 25.7 Å². The predicted octanol–water partition coefficient (Wildman–Crippen LogP) is 0.749. The Morgan fingerprint density at radius 1 is 1.48 bits per heavy atom. The van der Waals surface area contributed by atoms with Crippen LogP contribution in [0, 0.1) is 23.7 Å². The van der Waals surface area contributed by atoms with Gasteiger partial charge in [0.2, 0.25) is 0 Å². The van der Waals surface area contributed by atoms with Crippen LogP contribution in [0.5, 0.6) is 0 Å². The first-order valence-electron chi connectivity index (χ1n) is 7.11. The summed E-state index contributed by atoms with van der Waals surface area (Å²) in [6.07, 6.45) is 2.74. The van der Waals surface area contributed by atoms with Gasteiger partial charge in [-0.3, -0.25) is 14.4 Å². The molecule has 0 spiro atoms. The van der Waals surface area contributed by atoms with Gasteiger partial charge in [0.1, 0.15) is 5.78 Å². The molecule has 6 nitrogen and oxygen atoms in total. The summed E-state index contributed by atoms with van der Waals surface area (Å²) in [6, 6.07) is 0. The number of carbonyl (C=O) groups is 3. The maximum Gasteiger partial charge on any atom is 0.310 e. The Labute approximate surface area is 123 Å². The highest BCUT2D eigenvalue weighted by Gasteiger charge is 2.58. The number of fused-ring (bicyclic) bond motifs is 1. The van der Waals surface area contributed by atoms with Crippen LogP contribution in [0.15, 0.2) is 12.7 Å². The van der Waals surface area contributed by atoms with E-state index in [-0.39, 0.29) is 12.2 Å². The van der Waals surface area contributed by atoms with Crippen LogP contribution in [-0.4, -0.2) is 35.5 Å². The second-order valence-electron chi connectivity index (χ2n) is 5.97. The van der Waals surface area contributed by atoms with Gasteiger partial charge in [-0.05, 0) is 19.3 Å². The van der Waals surface area contributed by atoms with E-state index >= 15 is 0 Å². The normalized spacial score (nSPS) is 39.2. The monoisotopic (exact) mass is 295 g/mol. The molecule has 116 valence electrons. The zero-order chi connectivity index (χ0) is 15.8. The number of Topliss-reactive ketones (excluding diaryl/α,β-unsaturated/α-hetero) is 1. The van der Waals surface area contributed by atoms with Crippen molar-refractivity contribution >= 4 is 17.7 Å². The molecule has 2 aliphatic rings. The van der Waals surface area contributed by atoms with E-state index < -0.39 is 41.1 Å². The van der Waals surface area contributed by atoms with Crippen LogP contribution in [0.25, 0.3) is 0 Å². The third-order valence-electron chi connectivity index (χ3n) is 5.07. The molecular weight excluding hydrogens is 274 g/mol. The molecule has 0 saturated heterocycles. The molecule has 2 rings (SSSR count). The minimum absolute atomic E-state index is 0.0755. The summed E-state index contributed by atoms with van der Waals surface area (Å²) in [4.78, 5) is 35.7. The molecule has 0 aliphatic heterocycles. The Balaban J connectivity index is 2.43. The standard InChI is InChI=1S/C15H21NO5/c1-3-8-9(13(18)19)6-7-15(16)10(14(20)21-2)4-5-11(17)12(8)15/h3,8-10,12H,1,4-7,16H2,2H3,(H,18,19)/t8-,9?,10-,12?,15+/m0/s1. The fourth-order valence-electron chi connectivity index (χ4n) is 4.03. The number of ether oxygens (including phenoxy) is 1. The third kappa shape index (κ3) is 2.37. The number of carbonyl (C=O) groups excluding carboxylic acids is 2. The van der Waals surface area contributed by atoms with Gasteiger partial charge in [0.25, 0.3) is 0 Å². The van der Waals surface area contributed by atoms with E-state index in [1.165, 1.54) is 13.2 Å². The van der Waals surface area contributed by atoms with Crippen molar-refractivity contribution in [1.29, 1.82) is 0 Å². The van der Waals surface area contributed by atoms with Gasteiger partial charge in [0.05, 0.1) is 18.9 Å². The highest BCUT2D eigenvalue weighted by atomic mass is 16.5. The Hall–Kier alpha value is -1.69. The van der Waals surface area contributed by atoms with Gasteiger partial charge in [-0.2, -0.15) is 0 Å². The molecule has 0 aromatic carbocycles. The molecule has 0 bridgehead atoms. The zero-order valence-corrected chi connectivity index (χ0v) is 12.1. The average molecular weight is 295 g/mol. The molecule has 0 aromatic rings. The van der Waals surface area contributed by atoms with Gasteiger partial charge in [0, 0.05) is 23.8 Å². The first kappa shape index (κ1) is 15.7. The highest BCUT2D eigenvalue weighted by molar-refractivity contribution is 5.88. The van der Waals surface area contributed by atoms with Crippen molar-refractivity contribution in [3.63, 3.8) is 0 Å². The smallest absolute Gasteiger partial charge is 0.310 e. The zero-order valence-electron chi connectivity index (χ0n) is 12.1. The van der Waals surface area contributed by atoms with Gasteiger partial charge >= 0.3 is 11.9 Å². The number of esters is 1.